The standard InChI is InChI=1S/C21H33N3O2/c1-16-5-8-19(17(2)13-16)20-14-24(10-12-26-20)21(22-3)23-9-4-11-25-15-18-6-7-18/h5,8,13,18,20H,4,6-7,9-12,14-15H2,1-3H3,(H,22,23). The Morgan fingerprint density at radius 1 is 1.35 bits per heavy atom. The molecule has 0 amide bonds. The Kier molecular flexibility index (Phi) is 6.92. The second kappa shape index (κ2) is 9.38. The first-order valence-electron chi connectivity index (χ1n) is 9.89. The van der Waals surface area contributed by atoms with Gasteiger partial charge in [-0.25, -0.2) is 0 Å². The number of aliphatic imine (C=N–C) groups is 1. The van der Waals surface area contributed by atoms with Crippen LogP contribution in [0.1, 0.15) is 42.1 Å². The molecule has 5 nitrogen and oxygen atoms in total. The van der Waals surface area contributed by atoms with E-state index in [9.17, 15) is 0 Å². The Morgan fingerprint density at radius 3 is 2.92 bits per heavy atom. The normalized spacial score (nSPS) is 21.1. The summed E-state index contributed by atoms with van der Waals surface area (Å²) in [6, 6.07) is 6.60. The molecule has 1 saturated heterocycles. The second-order valence-corrected chi connectivity index (χ2v) is 7.51. The summed E-state index contributed by atoms with van der Waals surface area (Å²) in [4.78, 5) is 6.77. The Bertz CT molecular complexity index is 613. The van der Waals surface area contributed by atoms with E-state index in [-0.39, 0.29) is 6.10 Å². The zero-order valence-electron chi connectivity index (χ0n) is 16.5. The van der Waals surface area contributed by atoms with E-state index >= 15 is 0 Å². The smallest absolute Gasteiger partial charge is 0.193 e. The van der Waals surface area contributed by atoms with Crippen LogP contribution in [0.2, 0.25) is 0 Å². The Hall–Kier alpha value is -1.59. The van der Waals surface area contributed by atoms with Crippen LogP contribution in [0.25, 0.3) is 0 Å². The van der Waals surface area contributed by atoms with E-state index in [1.165, 1.54) is 29.5 Å². The molecule has 144 valence electrons. The Morgan fingerprint density at radius 2 is 2.19 bits per heavy atom. The molecule has 2 fully saturated rings. The van der Waals surface area contributed by atoms with Crippen LogP contribution < -0.4 is 5.32 Å². The summed E-state index contributed by atoms with van der Waals surface area (Å²) in [6.45, 7) is 9.39. The molecule has 2 aliphatic rings. The highest BCUT2D eigenvalue weighted by Gasteiger charge is 2.25. The zero-order valence-corrected chi connectivity index (χ0v) is 16.5. The third-order valence-electron chi connectivity index (χ3n) is 5.15. The molecule has 1 aromatic carbocycles. The molecule has 3 rings (SSSR count). The quantitative estimate of drug-likeness (QED) is 0.462. The van der Waals surface area contributed by atoms with Crippen molar-refractivity contribution in [2.75, 3.05) is 46.5 Å². The highest BCUT2D eigenvalue weighted by atomic mass is 16.5. The third-order valence-corrected chi connectivity index (χ3v) is 5.15. The predicted molar refractivity (Wildman–Crippen MR) is 106 cm³/mol. The maximum Gasteiger partial charge on any atom is 0.193 e. The van der Waals surface area contributed by atoms with Crippen LogP contribution >= 0.6 is 0 Å². The van der Waals surface area contributed by atoms with Crippen molar-refractivity contribution in [3.8, 4) is 0 Å². The fraction of sp³-hybridized carbons (Fsp3) is 0.667. The predicted octanol–water partition coefficient (Wildman–Crippen LogP) is 3.07. The number of hydrogen-bond acceptors (Lipinski definition) is 3. The highest BCUT2D eigenvalue weighted by molar-refractivity contribution is 5.80. The van der Waals surface area contributed by atoms with Gasteiger partial charge < -0.3 is 19.7 Å². The van der Waals surface area contributed by atoms with E-state index in [2.05, 4.69) is 47.3 Å². The fourth-order valence-corrected chi connectivity index (χ4v) is 3.46. The Balaban J connectivity index is 1.46. The lowest BCUT2D eigenvalue weighted by Gasteiger charge is -2.35. The van der Waals surface area contributed by atoms with Crippen molar-refractivity contribution in [3.63, 3.8) is 0 Å². The fourth-order valence-electron chi connectivity index (χ4n) is 3.46. The lowest BCUT2D eigenvalue weighted by molar-refractivity contribution is -0.00835. The number of rotatable bonds is 7. The summed E-state index contributed by atoms with van der Waals surface area (Å²) in [5.74, 6) is 1.80. The molecule has 1 heterocycles. The monoisotopic (exact) mass is 359 g/mol. The van der Waals surface area contributed by atoms with Crippen LogP contribution in [0, 0.1) is 19.8 Å². The second-order valence-electron chi connectivity index (χ2n) is 7.51. The van der Waals surface area contributed by atoms with E-state index in [1.54, 1.807) is 0 Å². The molecule has 0 bridgehead atoms. The minimum absolute atomic E-state index is 0.102. The summed E-state index contributed by atoms with van der Waals surface area (Å²) >= 11 is 0. The van der Waals surface area contributed by atoms with Crippen molar-refractivity contribution < 1.29 is 9.47 Å². The van der Waals surface area contributed by atoms with Crippen molar-refractivity contribution in [3.05, 3.63) is 34.9 Å². The van der Waals surface area contributed by atoms with E-state index in [0.717, 1.165) is 57.8 Å². The molecule has 1 aliphatic carbocycles. The number of benzene rings is 1. The topological polar surface area (TPSA) is 46.1 Å². The molecule has 1 aliphatic heterocycles. The zero-order chi connectivity index (χ0) is 18.4. The van der Waals surface area contributed by atoms with Gasteiger partial charge in [-0.3, -0.25) is 4.99 Å². The van der Waals surface area contributed by atoms with E-state index in [0.29, 0.717) is 0 Å². The first-order chi connectivity index (χ1) is 12.7. The summed E-state index contributed by atoms with van der Waals surface area (Å²) in [7, 11) is 1.85. The van der Waals surface area contributed by atoms with Gasteiger partial charge in [0, 0.05) is 33.4 Å². The van der Waals surface area contributed by atoms with Gasteiger partial charge in [-0.05, 0) is 50.2 Å². The van der Waals surface area contributed by atoms with Gasteiger partial charge in [0.2, 0.25) is 0 Å². The van der Waals surface area contributed by atoms with E-state index in [1.807, 2.05) is 7.05 Å². The summed E-state index contributed by atoms with van der Waals surface area (Å²) in [5.41, 5.74) is 3.87. The Labute approximate surface area is 157 Å². The van der Waals surface area contributed by atoms with Crippen molar-refractivity contribution in [2.24, 2.45) is 10.9 Å². The van der Waals surface area contributed by atoms with Crippen LogP contribution in [0.5, 0.6) is 0 Å². The van der Waals surface area contributed by atoms with Crippen LogP contribution in [0.3, 0.4) is 0 Å². The highest BCUT2D eigenvalue weighted by Crippen LogP contribution is 2.28. The van der Waals surface area contributed by atoms with Crippen molar-refractivity contribution in [1.29, 1.82) is 0 Å². The van der Waals surface area contributed by atoms with Crippen molar-refractivity contribution >= 4 is 5.96 Å². The molecule has 1 N–H and O–H groups in total. The van der Waals surface area contributed by atoms with Gasteiger partial charge in [0.1, 0.15) is 6.10 Å². The van der Waals surface area contributed by atoms with Gasteiger partial charge in [0.15, 0.2) is 5.96 Å². The lowest BCUT2D eigenvalue weighted by Crippen LogP contribution is -2.48. The van der Waals surface area contributed by atoms with Gasteiger partial charge in [-0.15, -0.1) is 0 Å². The summed E-state index contributed by atoms with van der Waals surface area (Å²) in [5, 5.41) is 3.48. The average molecular weight is 360 g/mol. The number of nitrogens with one attached hydrogen (secondary N) is 1. The first-order valence-corrected chi connectivity index (χ1v) is 9.89. The minimum Gasteiger partial charge on any atom is -0.381 e. The number of nitrogens with zero attached hydrogens (tertiary/aromatic N) is 2. The summed E-state index contributed by atoms with van der Waals surface area (Å²) < 4.78 is 11.8. The third kappa shape index (κ3) is 5.45. The summed E-state index contributed by atoms with van der Waals surface area (Å²) in [6.07, 6.45) is 3.81. The van der Waals surface area contributed by atoms with E-state index < -0.39 is 0 Å². The minimum atomic E-state index is 0.102. The van der Waals surface area contributed by atoms with Crippen molar-refractivity contribution in [1.82, 2.24) is 10.2 Å². The van der Waals surface area contributed by atoms with Gasteiger partial charge in [-0.2, -0.15) is 0 Å². The van der Waals surface area contributed by atoms with E-state index in [4.69, 9.17) is 9.47 Å². The molecule has 5 heteroatoms. The number of morpholine rings is 1. The molecule has 0 spiro atoms. The number of guanidine groups is 1. The molecular formula is C21H33N3O2. The van der Waals surface area contributed by atoms with Crippen LogP contribution in [-0.2, 0) is 9.47 Å². The van der Waals surface area contributed by atoms with Gasteiger partial charge >= 0.3 is 0 Å². The number of hydrogen-bond donors (Lipinski definition) is 1. The number of ether oxygens (including phenoxy) is 2. The van der Waals surface area contributed by atoms with Gasteiger partial charge in [-0.1, -0.05) is 23.8 Å². The molecule has 1 aromatic rings. The average Bonchev–Trinajstić information content (AvgIpc) is 3.45. The maximum atomic E-state index is 6.05. The SMILES string of the molecule is CN=C(NCCCOCC1CC1)N1CCOC(c2ccc(C)cc2C)C1. The van der Waals surface area contributed by atoms with Crippen LogP contribution in [0.4, 0.5) is 0 Å². The molecule has 1 unspecified atom stereocenters. The molecule has 0 radical (unpaired) electrons. The van der Waals surface area contributed by atoms with Gasteiger partial charge in [0.25, 0.3) is 0 Å². The lowest BCUT2D eigenvalue weighted by atomic mass is 10.00. The van der Waals surface area contributed by atoms with Gasteiger partial charge in [0.05, 0.1) is 13.2 Å². The molecule has 1 saturated carbocycles. The first kappa shape index (κ1) is 19.2. The molecule has 1 atom stereocenters. The maximum absolute atomic E-state index is 6.05. The van der Waals surface area contributed by atoms with Crippen LogP contribution in [-0.4, -0.2) is 57.4 Å². The number of aryl methyl sites for hydroxylation is 2. The molecular weight excluding hydrogens is 326 g/mol. The largest absolute Gasteiger partial charge is 0.381 e. The molecule has 26 heavy (non-hydrogen) atoms. The van der Waals surface area contributed by atoms with Crippen LogP contribution in [0.15, 0.2) is 23.2 Å². The molecule has 0 aromatic heterocycles. The van der Waals surface area contributed by atoms with Crippen molar-refractivity contribution in [2.45, 2.75) is 39.2 Å².